The molecule has 0 saturated carbocycles. The van der Waals surface area contributed by atoms with E-state index in [9.17, 15) is 4.79 Å². The smallest absolute Gasteiger partial charge is 0.324 e. The molecule has 0 fully saturated rings. The van der Waals surface area contributed by atoms with Gasteiger partial charge in [-0.15, -0.1) is 0 Å². The third kappa shape index (κ3) is 6.86. The fourth-order valence-corrected chi connectivity index (χ4v) is 4.74. The molecule has 0 spiro atoms. The zero-order valence-corrected chi connectivity index (χ0v) is 25.9. The van der Waals surface area contributed by atoms with Crippen molar-refractivity contribution in [3.8, 4) is 17.3 Å². The van der Waals surface area contributed by atoms with Gasteiger partial charge in [-0.25, -0.2) is 24.4 Å². The first-order valence-electron chi connectivity index (χ1n) is 14.6. The average Bonchev–Trinajstić information content (AvgIpc) is 3.49. The average molecular weight is 616 g/mol. The topological polar surface area (TPSA) is 141 Å². The van der Waals surface area contributed by atoms with Gasteiger partial charge in [0.25, 0.3) is 0 Å². The van der Waals surface area contributed by atoms with Crippen molar-refractivity contribution in [1.29, 1.82) is 0 Å². The minimum atomic E-state index is -0.415. The molecule has 0 bridgehead atoms. The molecule has 0 unspecified atom stereocenters. The first kappa shape index (κ1) is 30.0. The summed E-state index contributed by atoms with van der Waals surface area (Å²) >= 11 is 0. The Labute approximate surface area is 265 Å². The molecule has 4 heterocycles. The van der Waals surface area contributed by atoms with E-state index in [0.29, 0.717) is 47.1 Å². The number of urea groups is 1. The molecular weight excluding hydrogens is 582 g/mol. The van der Waals surface area contributed by atoms with Crippen molar-refractivity contribution in [2.75, 3.05) is 23.1 Å². The molecule has 0 radical (unpaired) electrons. The highest BCUT2D eigenvalue weighted by Crippen LogP contribution is 2.33. The van der Waals surface area contributed by atoms with Gasteiger partial charge in [0.2, 0.25) is 5.88 Å². The van der Waals surface area contributed by atoms with E-state index in [-0.39, 0.29) is 5.41 Å². The van der Waals surface area contributed by atoms with Gasteiger partial charge in [-0.3, -0.25) is 10.3 Å². The number of carbonyl (C=O) groups excluding carboxylic acids is 1. The number of nitrogens with zero attached hydrogens (tertiary/aromatic N) is 6. The molecule has 46 heavy (non-hydrogen) atoms. The predicted octanol–water partition coefficient (Wildman–Crippen LogP) is 6.88. The third-order valence-corrected chi connectivity index (χ3v) is 7.06. The molecule has 4 aromatic heterocycles. The summed E-state index contributed by atoms with van der Waals surface area (Å²) in [5, 5.41) is 15.6. The SMILES string of the molecule is COc1cc(-n2nc(C(C)(C)C)cc2NC(=O)Nc2ccc(OCc3ccnc(Nc4cnccn4)c3)c3ccccc23)ccn1. The van der Waals surface area contributed by atoms with Crippen molar-refractivity contribution in [1.82, 2.24) is 29.7 Å². The number of aromatic nitrogens is 6. The van der Waals surface area contributed by atoms with E-state index in [1.165, 1.54) is 0 Å². The van der Waals surface area contributed by atoms with E-state index in [1.54, 1.807) is 54.9 Å². The molecule has 6 aromatic rings. The maximum absolute atomic E-state index is 13.4. The number of benzene rings is 2. The molecule has 0 saturated heterocycles. The number of pyridine rings is 2. The number of rotatable bonds is 9. The van der Waals surface area contributed by atoms with Crippen LogP contribution in [0.15, 0.2) is 97.7 Å². The van der Waals surface area contributed by atoms with Gasteiger partial charge in [0.1, 0.15) is 29.8 Å². The van der Waals surface area contributed by atoms with Gasteiger partial charge in [-0.05, 0) is 35.9 Å². The van der Waals surface area contributed by atoms with Gasteiger partial charge in [0, 0.05) is 53.1 Å². The highest BCUT2D eigenvalue weighted by Gasteiger charge is 2.22. The van der Waals surface area contributed by atoms with Crippen LogP contribution in [0, 0.1) is 0 Å². The van der Waals surface area contributed by atoms with Gasteiger partial charge in [-0.2, -0.15) is 5.10 Å². The van der Waals surface area contributed by atoms with Crippen LogP contribution in [-0.2, 0) is 12.0 Å². The third-order valence-electron chi connectivity index (χ3n) is 7.06. The van der Waals surface area contributed by atoms with Crippen molar-refractivity contribution in [3.63, 3.8) is 0 Å². The van der Waals surface area contributed by atoms with E-state index < -0.39 is 6.03 Å². The minimum Gasteiger partial charge on any atom is -0.488 e. The summed E-state index contributed by atoms with van der Waals surface area (Å²) in [6.07, 6.45) is 8.20. The number of amides is 2. The fourth-order valence-electron chi connectivity index (χ4n) is 4.74. The summed E-state index contributed by atoms with van der Waals surface area (Å²) in [6, 6.07) is 20.2. The lowest BCUT2D eigenvalue weighted by molar-refractivity contribution is 0.262. The first-order valence-corrected chi connectivity index (χ1v) is 14.6. The Morgan fingerprint density at radius 1 is 0.848 bits per heavy atom. The normalized spacial score (nSPS) is 11.2. The molecule has 0 aliphatic rings. The lowest BCUT2D eigenvalue weighted by atomic mass is 9.92. The van der Waals surface area contributed by atoms with Gasteiger partial charge in [0.05, 0.1) is 30.4 Å². The maximum atomic E-state index is 13.4. The predicted molar refractivity (Wildman–Crippen MR) is 177 cm³/mol. The number of fused-ring (bicyclic) bond motifs is 1. The molecule has 12 nitrogen and oxygen atoms in total. The van der Waals surface area contributed by atoms with Gasteiger partial charge in [0.15, 0.2) is 0 Å². The van der Waals surface area contributed by atoms with Crippen LogP contribution in [0.3, 0.4) is 0 Å². The number of hydrogen-bond acceptors (Lipinski definition) is 9. The van der Waals surface area contributed by atoms with Crippen molar-refractivity contribution in [2.45, 2.75) is 32.8 Å². The molecule has 0 aliphatic heterocycles. The van der Waals surface area contributed by atoms with E-state index in [4.69, 9.17) is 14.6 Å². The molecule has 0 aliphatic carbocycles. The Balaban J connectivity index is 1.20. The Morgan fingerprint density at radius 3 is 2.43 bits per heavy atom. The first-order chi connectivity index (χ1) is 22.3. The number of methoxy groups -OCH3 is 1. The Morgan fingerprint density at radius 2 is 1.65 bits per heavy atom. The van der Waals surface area contributed by atoms with E-state index in [2.05, 4.69) is 56.7 Å². The lowest BCUT2D eigenvalue weighted by Gasteiger charge is -2.15. The summed E-state index contributed by atoms with van der Waals surface area (Å²) in [5.41, 5.74) is 2.83. The monoisotopic (exact) mass is 615 g/mol. The number of ether oxygens (including phenoxy) is 2. The van der Waals surface area contributed by atoms with Crippen molar-refractivity contribution < 1.29 is 14.3 Å². The highest BCUT2D eigenvalue weighted by molar-refractivity contribution is 6.07. The number of hydrogen-bond donors (Lipinski definition) is 3. The maximum Gasteiger partial charge on any atom is 0.324 e. The Bertz CT molecular complexity index is 1990. The number of anilines is 4. The molecular formula is C34H33N9O3. The molecule has 232 valence electrons. The van der Waals surface area contributed by atoms with Crippen LogP contribution in [0.25, 0.3) is 16.5 Å². The lowest BCUT2D eigenvalue weighted by Crippen LogP contribution is -2.21. The summed E-state index contributed by atoms with van der Waals surface area (Å²) in [4.78, 5) is 30.2. The van der Waals surface area contributed by atoms with Gasteiger partial charge >= 0.3 is 6.03 Å². The molecule has 6 rings (SSSR count). The Hall–Kier alpha value is -6.04. The van der Waals surface area contributed by atoms with E-state index in [0.717, 1.165) is 22.0 Å². The van der Waals surface area contributed by atoms with Gasteiger partial charge < -0.3 is 20.1 Å². The van der Waals surface area contributed by atoms with Crippen molar-refractivity contribution in [2.24, 2.45) is 0 Å². The second-order valence-corrected chi connectivity index (χ2v) is 11.4. The quantitative estimate of drug-likeness (QED) is 0.159. The van der Waals surface area contributed by atoms with Gasteiger partial charge in [-0.1, -0.05) is 45.0 Å². The molecule has 12 heteroatoms. The zero-order chi connectivity index (χ0) is 32.1. The van der Waals surface area contributed by atoms with Crippen LogP contribution in [0.1, 0.15) is 32.0 Å². The van der Waals surface area contributed by atoms with Crippen LogP contribution < -0.4 is 25.4 Å². The van der Waals surface area contributed by atoms with Crippen LogP contribution in [-0.4, -0.2) is 42.9 Å². The van der Waals surface area contributed by atoms with Crippen LogP contribution in [0.4, 0.5) is 27.9 Å². The molecule has 2 amide bonds. The van der Waals surface area contributed by atoms with Crippen LogP contribution in [0.2, 0.25) is 0 Å². The second kappa shape index (κ2) is 12.9. The second-order valence-electron chi connectivity index (χ2n) is 11.4. The summed E-state index contributed by atoms with van der Waals surface area (Å²) < 4.78 is 13.2. The Kier molecular flexibility index (Phi) is 8.42. The molecule has 2 aromatic carbocycles. The minimum absolute atomic E-state index is 0.244. The summed E-state index contributed by atoms with van der Waals surface area (Å²) in [7, 11) is 1.55. The zero-order valence-electron chi connectivity index (χ0n) is 25.9. The van der Waals surface area contributed by atoms with Crippen LogP contribution in [0.5, 0.6) is 11.6 Å². The summed E-state index contributed by atoms with van der Waals surface area (Å²) in [5.74, 6) is 2.86. The van der Waals surface area contributed by atoms with Crippen molar-refractivity contribution >= 4 is 39.9 Å². The van der Waals surface area contributed by atoms with Crippen LogP contribution >= 0.6 is 0 Å². The largest absolute Gasteiger partial charge is 0.488 e. The van der Waals surface area contributed by atoms with E-state index in [1.807, 2.05) is 54.6 Å². The highest BCUT2D eigenvalue weighted by atomic mass is 16.5. The fraction of sp³-hybridized carbons (Fsp3) is 0.176. The summed E-state index contributed by atoms with van der Waals surface area (Å²) in [6.45, 7) is 6.51. The molecule has 0 atom stereocenters. The van der Waals surface area contributed by atoms with Crippen molar-refractivity contribution in [3.05, 3.63) is 109 Å². The number of carbonyl (C=O) groups is 1. The number of nitrogens with one attached hydrogen (secondary N) is 3. The standard InChI is InChI=1S/C34H33N9O3/c1-34(2,3)28-19-31(43(42-28)23-12-14-38-32(18-23)45-4)41-33(44)39-26-9-10-27(25-8-6-5-7-24(25)26)46-21-22-11-13-36-29(17-22)40-30-20-35-15-16-37-30/h5-20H,21H2,1-4H3,(H,36,37,40)(H2,39,41,44). The molecule has 3 N–H and O–H groups in total. The van der Waals surface area contributed by atoms with E-state index >= 15 is 0 Å².